The molecule has 0 bridgehead atoms. The van der Waals surface area contributed by atoms with E-state index in [9.17, 15) is 4.79 Å². The molecule has 1 aromatic rings. The molecule has 2 atom stereocenters. The van der Waals surface area contributed by atoms with Crippen LogP contribution >= 0.6 is 11.6 Å². The van der Waals surface area contributed by atoms with E-state index in [0.717, 1.165) is 30.9 Å². The number of ether oxygens (including phenoxy) is 1. The first kappa shape index (κ1) is 13.7. The van der Waals surface area contributed by atoms with Crippen LogP contribution in [0.5, 0.6) is 5.75 Å². The number of halogens is 1. The van der Waals surface area contributed by atoms with Gasteiger partial charge in [-0.3, -0.25) is 4.79 Å². The quantitative estimate of drug-likeness (QED) is 0.857. The second-order valence-corrected chi connectivity index (χ2v) is 6.04. The van der Waals surface area contributed by atoms with Gasteiger partial charge >= 0.3 is 0 Å². The first-order valence-electron chi connectivity index (χ1n) is 7.07. The SMILES string of the molecule is CC1CN(C(=O)C2COc3ccc(Cl)cc3C2)CCN1. The van der Waals surface area contributed by atoms with Gasteiger partial charge in [-0.1, -0.05) is 11.6 Å². The fourth-order valence-corrected chi connectivity index (χ4v) is 3.11. The molecule has 1 aromatic carbocycles. The number of nitrogens with zero attached hydrogens (tertiary/aromatic N) is 1. The zero-order valence-electron chi connectivity index (χ0n) is 11.6. The van der Waals surface area contributed by atoms with Crippen LogP contribution in [0, 0.1) is 5.92 Å². The molecule has 3 rings (SSSR count). The van der Waals surface area contributed by atoms with Gasteiger partial charge in [-0.2, -0.15) is 0 Å². The highest BCUT2D eigenvalue weighted by atomic mass is 35.5. The monoisotopic (exact) mass is 294 g/mol. The van der Waals surface area contributed by atoms with Crippen molar-refractivity contribution in [1.29, 1.82) is 0 Å². The first-order valence-corrected chi connectivity index (χ1v) is 7.44. The third kappa shape index (κ3) is 2.76. The minimum absolute atomic E-state index is 0.0914. The molecule has 2 aliphatic rings. The Kier molecular flexibility index (Phi) is 3.85. The molecule has 1 saturated heterocycles. The third-order valence-corrected chi connectivity index (χ3v) is 4.19. The number of rotatable bonds is 1. The minimum Gasteiger partial charge on any atom is -0.492 e. The number of hydrogen-bond acceptors (Lipinski definition) is 3. The van der Waals surface area contributed by atoms with Crippen molar-refractivity contribution in [2.24, 2.45) is 5.92 Å². The summed E-state index contributed by atoms with van der Waals surface area (Å²) in [6.07, 6.45) is 0.715. The van der Waals surface area contributed by atoms with Crippen LogP contribution in [0.25, 0.3) is 0 Å². The average Bonchev–Trinajstić information content (AvgIpc) is 2.45. The van der Waals surface area contributed by atoms with Gasteiger partial charge in [0.2, 0.25) is 5.91 Å². The molecule has 5 heteroatoms. The number of piperazine rings is 1. The molecular weight excluding hydrogens is 276 g/mol. The molecule has 0 radical (unpaired) electrons. The van der Waals surface area contributed by atoms with Crippen molar-refractivity contribution in [1.82, 2.24) is 10.2 Å². The Morgan fingerprint density at radius 3 is 3.15 bits per heavy atom. The van der Waals surface area contributed by atoms with Gasteiger partial charge in [0.05, 0.1) is 5.92 Å². The Balaban J connectivity index is 1.71. The summed E-state index contributed by atoms with van der Waals surface area (Å²) in [5.74, 6) is 0.961. The first-order chi connectivity index (χ1) is 9.63. The maximum Gasteiger partial charge on any atom is 0.229 e. The molecule has 0 aliphatic carbocycles. The van der Waals surface area contributed by atoms with Gasteiger partial charge in [0.15, 0.2) is 0 Å². The molecule has 108 valence electrons. The zero-order valence-corrected chi connectivity index (χ0v) is 12.3. The molecule has 1 fully saturated rings. The lowest BCUT2D eigenvalue weighted by molar-refractivity contribution is -0.138. The molecule has 2 aliphatic heterocycles. The maximum absolute atomic E-state index is 12.6. The number of carbonyl (C=O) groups excluding carboxylic acids is 1. The molecule has 20 heavy (non-hydrogen) atoms. The van der Waals surface area contributed by atoms with Crippen LogP contribution in [0.1, 0.15) is 12.5 Å². The van der Waals surface area contributed by atoms with Crippen molar-refractivity contribution in [2.75, 3.05) is 26.2 Å². The van der Waals surface area contributed by atoms with Crippen molar-refractivity contribution in [2.45, 2.75) is 19.4 Å². The van der Waals surface area contributed by atoms with Crippen LogP contribution in [0.15, 0.2) is 18.2 Å². The smallest absolute Gasteiger partial charge is 0.229 e. The Morgan fingerprint density at radius 2 is 2.35 bits per heavy atom. The van der Waals surface area contributed by atoms with E-state index in [1.54, 1.807) is 0 Å². The lowest BCUT2D eigenvalue weighted by Crippen LogP contribution is -2.53. The van der Waals surface area contributed by atoms with Crippen molar-refractivity contribution in [3.05, 3.63) is 28.8 Å². The molecule has 0 spiro atoms. The highest BCUT2D eigenvalue weighted by molar-refractivity contribution is 6.30. The largest absolute Gasteiger partial charge is 0.492 e. The number of fused-ring (bicyclic) bond motifs is 1. The topological polar surface area (TPSA) is 41.6 Å². The maximum atomic E-state index is 12.6. The predicted molar refractivity (Wildman–Crippen MR) is 78.2 cm³/mol. The van der Waals surface area contributed by atoms with E-state index in [4.69, 9.17) is 16.3 Å². The number of amides is 1. The van der Waals surface area contributed by atoms with Gasteiger partial charge in [0.1, 0.15) is 12.4 Å². The van der Waals surface area contributed by atoms with Crippen molar-refractivity contribution < 1.29 is 9.53 Å². The minimum atomic E-state index is -0.0914. The highest BCUT2D eigenvalue weighted by Crippen LogP contribution is 2.30. The molecule has 2 unspecified atom stereocenters. The van der Waals surface area contributed by atoms with E-state index in [2.05, 4.69) is 12.2 Å². The van der Waals surface area contributed by atoms with E-state index in [0.29, 0.717) is 24.1 Å². The summed E-state index contributed by atoms with van der Waals surface area (Å²) in [5, 5.41) is 4.04. The molecule has 0 aromatic heterocycles. The van der Waals surface area contributed by atoms with Crippen LogP contribution in [-0.2, 0) is 11.2 Å². The highest BCUT2D eigenvalue weighted by Gasteiger charge is 2.31. The molecule has 1 N–H and O–H groups in total. The van der Waals surface area contributed by atoms with Crippen LogP contribution in [-0.4, -0.2) is 43.1 Å². The lowest BCUT2D eigenvalue weighted by atomic mass is 9.95. The molecule has 0 saturated carbocycles. The van der Waals surface area contributed by atoms with E-state index in [-0.39, 0.29) is 11.8 Å². The van der Waals surface area contributed by atoms with Crippen LogP contribution < -0.4 is 10.1 Å². The van der Waals surface area contributed by atoms with Crippen molar-refractivity contribution in [3.63, 3.8) is 0 Å². The van der Waals surface area contributed by atoms with E-state index in [1.807, 2.05) is 23.1 Å². The zero-order chi connectivity index (χ0) is 14.1. The van der Waals surface area contributed by atoms with Gasteiger partial charge in [0.25, 0.3) is 0 Å². The summed E-state index contributed by atoms with van der Waals surface area (Å²) in [5.41, 5.74) is 1.03. The summed E-state index contributed by atoms with van der Waals surface area (Å²) < 4.78 is 5.71. The van der Waals surface area contributed by atoms with Crippen LogP contribution in [0.2, 0.25) is 5.02 Å². The predicted octanol–water partition coefficient (Wildman–Crippen LogP) is 1.71. The van der Waals surface area contributed by atoms with Gasteiger partial charge in [-0.15, -0.1) is 0 Å². The molecular formula is C15H19ClN2O2. The van der Waals surface area contributed by atoms with Gasteiger partial charge in [-0.25, -0.2) is 0 Å². The Morgan fingerprint density at radius 1 is 1.50 bits per heavy atom. The van der Waals surface area contributed by atoms with Crippen LogP contribution in [0.3, 0.4) is 0 Å². The fourth-order valence-electron chi connectivity index (χ4n) is 2.91. The standard InChI is InChI=1S/C15H19ClN2O2/c1-10-8-18(5-4-17-10)15(19)12-6-11-7-13(16)2-3-14(11)20-9-12/h2-3,7,10,12,17H,4-6,8-9H2,1H3. The number of benzene rings is 1. The Labute approximate surface area is 124 Å². The molecule has 1 amide bonds. The Bertz CT molecular complexity index is 521. The van der Waals surface area contributed by atoms with E-state index in [1.165, 1.54) is 0 Å². The fraction of sp³-hybridized carbons (Fsp3) is 0.533. The second-order valence-electron chi connectivity index (χ2n) is 5.60. The molecule has 2 heterocycles. The number of nitrogens with one attached hydrogen (secondary N) is 1. The summed E-state index contributed by atoms with van der Waals surface area (Å²) in [6.45, 7) is 4.99. The Hall–Kier alpha value is -1.26. The summed E-state index contributed by atoms with van der Waals surface area (Å²) in [4.78, 5) is 14.5. The summed E-state index contributed by atoms with van der Waals surface area (Å²) in [6, 6.07) is 5.96. The normalized spacial score (nSPS) is 25.8. The van der Waals surface area contributed by atoms with Gasteiger partial charge in [-0.05, 0) is 37.1 Å². The summed E-state index contributed by atoms with van der Waals surface area (Å²) >= 11 is 6.01. The van der Waals surface area contributed by atoms with Crippen LogP contribution in [0.4, 0.5) is 0 Å². The second kappa shape index (κ2) is 5.62. The average molecular weight is 295 g/mol. The van der Waals surface area contributed by atoms with Crippen molar-refractivity contribution >= 4 is 17.5 Å². The lowest BCUT2D eigenvalue weighted by Gasteiger charge is -2.35. The number of hydrogen-bond donors (Lipinski definition) is 1. The van der Waals surface area contributed by atoms with Crippen molar-refractivity contribution in [3.8, 4) is 5.75 Å². The van der Waals surface area contributed by atoms with E-state index >= 15 is 0 Å². The number of carbonyl (C=O) groups is 1. The third-order valence-electron chi connectivity index (χ3n) is 3.96. The molecule has 4 nitrogen and oxygen atoms in total. The summed E-state index contributed by atoms with van der Waals surface area (Å²) in [7, 11) is 0. The van der Waals surface area contributed by atoms with Gasteiger partial charge < -0.3 is 15.0 Å². The van der Waals surface area contributed by atoms with Gasteiger partial charge in [0, 0.05) is 30.7 Å². The van der Waals surface area contributed by atoms with E-state index < -0.39 is 0 Å².